The van der Waals surface area contributed by atoms with Gasteiger partial charge in [-0.2, -0.15) is 0 Å². The first-order chi connectivity index (χ1) is 17.9. The van der Waals surface area contributed by atoms with E-state index in [0.29, 0.717) is 5.56 Å². The number of aliphatic imine (C=N–C) groups is 1. The summed E-state index contributed by atoms with van der Waals surface area (Å²) in [5, 5.41) is 34.4. The number of carbonyl (C=O) groups excluding carboxylic acids is 3. The number of aliphatic carboxylic acids is 2. The van der Waals surface area contributed by atoms with Crippen molar-refractivity contribution < 1.29 is 39.3 Å². The highest BCUT2D eigenvalue weighted by Crippen LogP contribution is 2.07. The first-order valence-electron chi connectivity index (χ1n) is 11.8. The molecule has 4 atom stereocenters. The van der Waals surface area contributed by atoms with Crippen LogP contribution < -0.4 is 33.2 Å². The fraction of sp³-hybridized carbons (Fsp3) is 0.478. The molecule has 12 N–H and O–H groups in total. The molecule has 0 fully saturated rings. The fourth-order valence-corrected chi connectivity index (χ4v) is 3.25. The van der Waals surface area contributed by atoms with Gasteiger partial charge in [0, 0.05) is 19.4 Å². The maximum Gasteiger partial charge on any atom is 0.328 e. The molecule has 0 spiro atoms. The normalized spacial score (nSPS) is 13.7. The lowest BCUT2D eigenvalue weighted by Crippen LogP contribution is -2.58. The second kappa shape index (κ2) is 16.5. The van der Waals surface area contributed by atoms with Gasteiger partial charge in [0.25, 0.3) is 0 Å². The molecule has 0 aliphatic rings. The second-order valence-corrected chi connectivity index (χ2v) is 8.38. The van der Waals surface area contributed by atoms with Gasteiger partial charge < -0.3 is 48.5 Å². The molecule has 4 unspecified atom stereocenters. The van der Waals surface area contributed by atoms with E-state index in [1.807, 2.05) is 0 Å². The largest absolute Gasteiger partial charge is 0.481 e. The van der Waals surface area contributed by atoms with Gasteiger partial charge in [0.1, 0.15) is 18.1 Å². The SMILES string of the molecule is NC(N)=NCCCC(NC(=O)C(N)CCC(=O)O)C(=O)NC(Cc1ccccc1)C(=O)NC(CO)C(=O)O. The highest BCUT2D eigenvalue weighted by Gasteiger charge is 2.30. The molecule has 0 bridgehead atoms. The summed E-state index contributed by atoms with van der Waals surface area (Å²) < 4.78 is 0. The quantitative estimate of drug-likeness (QED) is 0.0548. The van der Waals surface area contributed by atoms with Gasteiger partial charge in [0.05, 0.1) is 12.6 Å². The lowest BCUT2D eigenvalue weighted by Gasteiger charge is -2.25. The summed E-state index contributed by atoms with van der Waals surface area (Å²) in [6.07, 6.45) is -0.260. The van der Waals surface area contributed by atoms with Gasteiger partial charge in [0.2, 0.25) is 17.7 Å². The molecular weight excluding hydrogens is 502 g/mol. The average molecular weight is 538 g/mol. The van der Waals surface area contributed by atoms with Gasteiger partial charge in [0.15, 0.2) is 5.96 Å². The van der Waals surface area contributed by atoms with E-state index in [-0.39, 0.29) is 44.6 Å². The molecule has 1 rings (SSSR count). The Hall–Kier alpha value is -4.24. The summed E-state index contributed by atoms with van der Waals surface area (Å²) in [6, 6.07) is 3.30. The number of nitrogens with zero attached hydrogens (tertiary/aromatic N) is 1. The highest BCUT2D eigenvalue weighted by atomic mass is 16.4. The molecule has 0 heterocycles. The summed E-state index contributed by atoms with van der Waals surface area (Å²) in [7, 11) is 0. The van der Waals surface area contributed by atoms with Gasteiger partial charge in [-0.25, -0.2) is 4.79 Å². The van der Waals surface area contributed by atoms with Gasteiger partial charge in [-0.1, -0.05) is 30.3 Å². The van der Waals surface area contributed by atoms with Crippen molar-refractivity contribution in [1.82, 2.24) is 16.0 Å². The van der Waals surface area contributed by atoms with Crippen LogP contribution in [0.3, 0.4) is 0 Å². The van der Waals surface area contributed by atoms with E-state index in [4.69, 9.17) is 27.4 Å². The number of amides is 3. The molecule has 15 nitrogen and oxygen atoms in total. The van der Waals surface area contributed by atoms with Crippen LogP contribution in [-0.2, 0) is 30.4 Å². The summed E-state index contributed by atoms with van der Waals surface area (Å²) in [5.74, 6) is -5.19. The van der Waals surface area contributed by atoms with Gasteiger partial charge >= 0.3 is 11.9 Å². The second-order valence-electron chi connectivity index (χ2n) is 8.38. The van der Waals surface area contributed by atoms with Gasteiger partial charge in [-0.05, 0) is 24.8 Å². The molecular formula is C23H35N7O8. The maximum atomic E-state index is 13.2. The predicted octanol–water partition coefficient (Wildman–Crippen LogP) is -2.99. The van der Waals surface area contributed by atoms with E-state index in [1.165, 1.54) is 0 Å². The minimum absolute atomic E-state index is 0.0248. The summed E-state index contributed by atoms with van der Waals surface area (Å²) >= 11 is 0. The number of hydrogen-bond donors (Lipinski definition) is 9. The Kier molecular flexibility index (Phi) is 13.8. The number of hydrogen-bond acceptors (Lipinski definition) is 8. The Labute approximate surface area is 218 Å². The Morgan fingerprint density at radius 2 is 1.42 bits per heavy atom. The third kappa shape index (κ3) is 12.1. The summed E-state index contributed by atoms with van der Waals surface area (Å²) in [4.78, 5) is 64.5. The number of rotatable bonds is 17. The number of benzene rings is 1. The Morgan fingerprint density at radius 1 is 0.842 bits per heavy atom. The summed E-state index contributed by atoms with van der Waals surface area (Å²) in [6.45, 7) is -0.734. The number of carboxylic acids is 2. The first-order valence-corrected chi connectivity index (χ1v) is 11.8. The monoisotopic (exact) mass is 537 g/mol. The molecule has 3 amide bonds. The minimum Gasteiger partial charge on any atom is -0.481 e. The van der Waals surface area contributed by atoms with Crippen molar-refractivity contribution in [1.29, 1.82) is 0 Å². The topological polar surface area (TPSA) is 273 Å². The number of carboxylic acid groups (broad SMARTS) is 2. The molecule has 0 radical (unpaired) electrons. The van der Waals surface area contributed by atoms with Crippen molar-refractivity contribution in [2.45, 2.75) is 56.3 Å². The minimum atomic E-state index is -1.60. The number of aliphatic hydroxyl groups excluding tert-OH is 1. The van der Waals surface area contributed by atoms with Gasteiger partial charge in [-0.3, -0.25) is 24.2 Å². The molecule has 0 saturated carbocycles. The number of carbonyl (C=O) groups is 5. The van der Waals surface area contributed by atoms with Crippen LogP contribution in [-0.4, -0.2) is 88.3 Å². The van der Waals surface area contributed by atoms with Gasteiger partial charge in [-0.15, -0.1) is 0 Å². The number of nitrogens with one attached hydrogen (secondary N) is 3. The Balaban J connectivity index is 3.10. The van der Waals surface area contributed by atoms with Crippen LogP contribution in [0.2, 0.25) is 0 Å². The predicted molar refractivity (Wildman–Crippen MR) is 135 cm³/mol. The molecule has 15 heteroatoms. The zero-order valence-corrected chi connectivity index (χ0v) is 20.7. The zero-order valence-electron chi connectivity index (χ0n) is 20.7. The van der Waals surface area contributed by atoms with Crippen LogP contribution in [0.1, 0.15) is 31.2 Å². The van der Waals surface area contributed by atoms with E-state index >= 15 is 0 Å². The molecule has 1 aromatic rings. The van der Waals surface area contributed by atoms with Crippen molar-refractivity contribution in [3.8, 4) is 0 Å². The maximum absolute atomic E-state index is 13.2. The van der Waals surface area contributed by atoms with Crippen molar-refractivity contribution in [3.05, 3.63) is 35.9 Å². The van der Waals surface area contributed by atoms with Crippen molar-refractivity contribution in [3.63, 3.8) is 0 Å². The van der Waals surface area contributed by atoms with E-state index in [2.05, 4.69) is 20.9 Å². The van der Waals surface area contributed by atoms with Crippen LogP contribution >= 0.6 is 0 Å². The highest BCUT2D eigenvalue weighted by molar-refractivity contribution is 5.94. The first kappa shape index (κ1) is 31.8. The van der Waals surface area contributed by atoms with Crippen molar-refractivity contribution in [2.75, 3.05) is 13.2 Å². The van der Waals surface area contributed by atoms with E-state index in [9.17, 15) is 29.1 Å². The molecule has 210 valence electrons. The zero-order chi connectivity index (χ0) is 28.7. The van der Waals surface area contributed by atoms with E-state index in [0.717, 1.165) is 0 Å². The average Bonchev–Trinajstić information content (AvgIpc) is 2.86. The van der Waals surface area contributed by atoms with Crippen LogP contribution in [0.5, 0.6) is 0 Å². The third-order valence-corrected chi connectivity index (χ3v) is 5.30. The van der Waals surface area contributed by atoms with E-state index < -0.39 is 60.4 Å². The summed E-state index contributed by atoms with van der Waals surface area (Å²) in [5.41, 5.74) is 17.0. The number of nitrogens with two attached hydrogens (primary N) is 3. The van der Waals surface area contributed by atoms with Crippen molar-refractivity contribution in [2.24, 2.45) is 22.2 Å². The standard InChI is InChI=1S/C23H35N7O8/c24-14(8-9-18(32)33)19(34)28-15(7-4-10-27-23(25)26)20(35)29-16(11-13-5-2-1-3-6-13)21(36)30-17(12-31)22(37)38/h1-3,5-6,14-17,31H,4,7-12,24H2,(H,28,34)(H,29,35)(H,30,36)(H,32,33)(H,37,38)(H4,25,26,27). The smallest absolute Gasteiger partial charge is 0.328 e. The third-order valence-electron chi connectivity index (χ3n) is 5.30. The molecule has 1 aromatic carbocycles. The molecule has 0 aliphatic heterocycles. The molecule has 38 heavy (non-hydrogen) atoms. The Morgan fingerprint density at radius 3 is 1.97 bits per heavy atom. The van der Waals surface area contributed by atoms with Crippen molar-refractivity contribution >= 4 is 35.6 Å². The molecule has 0 aromatic heterocycles. The fourth-order valence-electron chi connectivity index (χ4n) is 3.25. The lowest BCUT2D eigenvalue weighted by atomic mass is 10.0. The molecule has 0 saturated heterocycles. The molecule has 0 aliphatic carbocycles. The van der Waals surface area contributed by atoms with Crippen LogP contribution in [0.4, 0.5) is 0 Å². The Bertz CT molecular complexity index is 985. The number of guanidine groups is 1. The lowest BCUT2D eigenvalue weighted by molar-refractivity contribution is -0.143. The van der Waals surface area contributed by atoms with E-state index in [1.54, 1.807) is 30.3 Å². The van der Waals surface area contributed by atoms with Crippen LogP contribution in [0, 0.1) is 0 Å². The number of aliphatic hydroxyl groups is 1. The van der Waals surface area contributed by atoms with Crippen LogP contribution in [0.25, 0.3) is 0 Å². The van der Waals surface area contributed by atoms with Crippen LogP contribution in [0.15, 0.2) is 35.3 Å².